The molecule has 0 aromatic carbocycles. The van der Waals surface area contributed by atoms with Gasteiger partial charge in [-0.3, -0.25) is 9.80 Å². The number of nitrogens with zero attached hydrogens (tertiary/aromatic N) is 6. The lowest BCUT2D eigenvalue weighted by atomic mass is 10.0. The van der Waals surface area contributed by atoms with Gasteiger partial charge < -0.3 is 9.05 Å². The zero-order valence-electron chi connectivity index (χ0n) is 14.9. The number of aryl methyl sites for hydroxylation is 2. The van der Waals surface area contributed by atoms with E-state index in [-0.39, 0.29) is 0 Å². The van der Waals surface area contributed by atoms with E-state index in [1.165, 1.54) is 0 Å². The molecule has 132 valence electrons. The molecule has 0 bridgehead atoms. The van der Waals surface area contributed by atoms with Crippen molar-refractivity contribution in [3.8, 4) is 0 Å². The van der Waals surface area contributed by atoms with Crippen molar-refractivity contribution in [3.63, 3.8) is 0 Å². The summed E-state index contributed by atoms with van der Waals surface area (Å²) < 4.78 is 10.6. The zero-order valence-corrected chi connectivity index (χ0v) is 14.9. The van der Waals surface area contributed by atoms with Crippen LogP contribution in [0.2, 0.25) is 0 Å². The maximum Gasteiger partial charge on any atom is 0.240 e. The summed E-state index contributed by atoms with van der Waals surface area (Å²) in [5.41, 5.74) is 0. The summed E-state index contributed by atoms with van der Waals surface area (Å²) in [6.45, 7) is 11.5. The van der Waals surface area contributed by atoms with Gasteiger partial charge >= 0.3 is 0 Å². The molecule has 0 N–H and O–H groups in total. The third-order valence-electron chi connectivity index (χ3n) is 4.68. The molecule has 0 aliphatic carbocycles. The average Bonchev–Trinajstić information content (AvgIpc) is 3.16. The van der Waals surface area contributed by atoms with Gasteiger partial charge in [-0.05, 0) is 26.7 Å². The summed E-state index contributed by atoms with van der Waals surface area (Å²) >= 11 is 0. The van der Waals surface area contributed by atoms with Crippen LogP contribution >= 0.6 is 0 Å². The van der Waals surface area contributed by atoms with Crippen LogP contribution in [0, 0.1) is 13.8 Å². The fourth-order valence-corrected chi connectivity index (χ4v) is 3.39. The predicted octanol–water partition coefficient (Wildman–Crippen LogP) is 1.94. The molecule has 0 amide bonds. The van der Waals surface area contributed by atoms with Gasteiger partial charge in [-0.1, -0.05) is 24.2 Å². The van der Waals surface area contributed by atoms with Gasteiger partial charge in [-0.2, -0.15) is 9.97 Å². The van der Waals surface area contributed by atoms with Crippen molar-refractivity contribution in [2.24, 2.45) is 0 Å². The number of rotatable bonds is 6. The Bertz CT molecular complexity index is 598. The van der Waals surface area contributed by atoms with E-state index in [0.717, 1.165) is 25.9 Å². The summed E-state index contributed by atoms with van der Waals surface area (Å²) in [7, 11) is 0. The Kier molecular flexibility index (Phi) is 5.25. The highest BCUT2D eigenvalue weighted by Gasteiger charge is 2.33. The maximum atomic E-state index is 5.30. The second-order valence-corrected chi connectivity index (χ2v) is 6.45. The van der Waals surface area contributed by atoms with E-state index in [1.807, 2.05) is 13.8 Å². The van der Waals surface area contributed by atoms with E-state index < -0.39 is 0 Å². The van der Waals surface area contributed by atoms with Crippen LogP contribution in [0.4, 0.5) is 0 Å². The lowest BCUT2D eigenvalue weighted by Crippen LogP contribution is -2.57. The minimum atomic E-state index is 0.448. The Balaban J connectivity index is 1.69. The van der Waals surface area contributed by atoms with Gasteiger partial charge in [0.15, 0.2) is 11.6 Å². The van der Waals surface area contributed by atoms with Crippen molar-refractivity contribution in [1.82, 2.24) is 30.1 Å². The molecule has 2 aromatic rings. The summed E-state index contributed by atoms with van der Waals surface area (Å²) in [6, 6.07) is 0.896. The Labute approximate surface area is 142 Å². The molecule has 2 atom stereocenters. The third-order valence-corrected chi connectivity index (χ3v) is 4.68. The van der Waals surface area contributed by atoms with E-state index in [2.05, 4.69) is 43.9 Å². The number of hydrogen-bond acceptors (Lipinski definition) is 8. The molecule has 8 heteroatoms. The molecule has 1 fully saturated rings. The first kappa shape index (κ1) is 17.0. The van der Waals surface area contributed by atoms with Gasteiger partial charge in [0.25, 0.3) is 0 Å². The predicted molar refractivity (Wildman–Crippen MR) is 87.0 cm³/mol. The van der Waals surface area contributed by atoms with E-state index in [9.17, 15) is 0 Å². The van der Waals surface area contributed by atoms with Crippen molar-refractivity contribution >= 4 is 0 Å². The molecule has 24 heavy (non-hydrogen) atoms. The Morgan fingerprint density at radius 3 is 1.54 bits per heavy atom. The molecule has 0 spiro atoms. The quantitative estimate of drug-likeness (QED) is 0.792. The van der Waals surface area contributed by atoms with Crippen LogP contribution in [-0.2, 0) is 13.1 Å². The molecule has 1 aliphatic heterocycles. The van der Waals surface area contributed by atoms with Crippen molar-refractivity contribution in [2.75, 3.05) is 13.1 Å². The van der Waals surface area contributed by atoms with Gasteiger partial charge in [0.1, 0.15) is 0 Å². The van der Waals surface area contributed by atoms with Crippen molar-refractivity contribution in [2.45, 2.75) is 65.7 Å². The highest BCUT2D eigenvalue weighted by Crippen LogP contribution is 2.23. The first-order valence-electron chi connectivity index (χ1n) is 8.65. The van der Waals surface area contributed by atoms with Crippen LogP contribution in [0.3, 0.4) is 0 Å². The minimum absolute atomic E-state index is 0.448. The SMILES string of the molecule is CCC1CN(Cc2nc(C)no2)C(CC)CN1Cc1nc(C)no1. The monoisotopic (exact) mass is 334 g/mol. The van der Waals surface area contributed by atoms with Crippen LogP contribution in [0.1, 0.15) is 50.1 Å². The smallest absolute Gasteiger partial charge is 0.240 e. The Hall–Kier alpha value is -1.80. The van der Waals surface area contributed by atoms with Gasteiger partial charge in [-0.15, -0.1) is 0 Å². The number of hydrogen-bond donors (Lipinski definition) is 0. The second kappa shape index (κ2) is 7.40. The highest BCUT2D eigenvalue weighted by atomic mass is 16.5. The van der Waals surface area contributed by atoms with Crippen molar-refractivity contribution < 1.29 is 9.05 Å². The maximum absolute atomic E-state index is 5.30. The van der Waals surface area contributed by atoms with Crippen LogP contribution in [0.5, 0.6) is 0 Å². The molecule has 1 aliphatic rings. The second-order valence-electron chi connectivity index (χ2n) is 6.45. The minimum Gasteiger partial charge on any atom is -0.338 e. The molecule has 0 radical (unpaired) electrons. The van der Waals surface area contributed by atoms with Crippen LogP contribution < -0.4 is 0 Å². The van der Waals surface area contributed by atoms with E-state index in [4.69, 9.17) is 9.05 Å². The van der Waals surface area contributed by atoms with Crippen LogP contribution in [0.25, 0.3) is 0 Å². The van der Waals surface area contributed by atoms with E-state index >= 15 is 0 Å². The van der Waals surface area contributed by atoms with Crippen LogP contribution in [-0.4, -0.2) is 55.3 Å². The average molecular weight is 334 g/mol. The third kappa shape index (κ3) is 3.81. The van der Waals surface area contributed by atoms with Crippen LogP contribution in [0.15, 0.2) is 9.05 Å². The van der Waals surface area contributed by atoms with Gasteiger partial charge in [0, 0.05) is 25.2 Å². The molecule has 3 rings (SSSR count). The molecular weight excluding hydrogens is 308 g/mol. The highest BCUT2D eigenvalue weighted by molar-refractivity contribution is 4.93. The summed E-state index contributed by atoms with van der Waals surface area (Å²) in [6.07, 6.45) is 2.14. The molecule has 8 nitrogen and oxygen atoms in total. The molecule has 2 aromatic heterocycles. The van der Waals surface area contributed by atoms with Gasteiger partial charge in [-0.25, -0.2) is 0 Å². The lowest BCUT2D eigenvalue weighted by molar-refractivity contribution is 0.00498. The van der Waals surface area contributed by atoms with Crippen molar-refractivity contribution in [1.29, 1.82) is 0 Å². The number of piperazine rings is 1. The Morgan fingerprint density at radius 2 is 1.25 bits per heavy atom. The molecule has 2 unspecified atom stereocenters. The van der Waals surface area contributed by atoms with Crippen molar-refractivity contribution in [3.05, 3.63) is 23.4 Å². The Morgan fingerprint density at radius 1 is 0.833 bits per heavy atom. The standard InChI is InChI=1S/C16H26N6O2/c1-5-13-7-22(10-16-18-12(4)20-24-16)14(6-2)8-21(13)9-15-17-11(3)19-23-15/h13-14H,5-10H2,1-4H3. The lowest BCUT2D eigenvalue weighted by Gasteiger charge is -2.45. The topological polar surface area (TPSA) is 84.3 Å². The molecular formula is C16H26N6O2. The molecule has 0 saturated carbocycles. The fraction of sp³-hybridized carbons (Fsp3) is 0.750. The van der Waals surface area contributed by atoms with E-state index in [0.29, 0.717) is 48.6 Å². The molecule has 3 heterocycles. The number of aromatic nitrogens is 4. The zero-order chi connectivity index (χ0) is 17.1. The summed E-state index contributed by atoms with van der Waals surface area (Å²) in [4.78, 5) is 13.6. The molecule has 1 saturated heterocycles. The first-order valence-corrected chi connectivity index (χ1v) is 8.65. The first-order chi connectivity index (χ1) is 11.6. The largest absolute Gasteiger partial charge is 0.338 e. The summed E-state index contributed by atoms with van der Waals surface area (Å²) in [5.74, 6) is 2.77. The van der Waals surface area contributed by atoms with E-state index in [1.54, 1.807) is 0 Å². The fourth-order valence-electron chi connectivity index (χ4n) is 3.39. The van der Waals surface area contributed by atoms with Gasteiger partial charge in [0.05, 0.1) is 13.1 Å². The van der Waals surface area contributed by atoms with Gasteiger partial charge in [0.2, 0.25) is 11.8 Å². The normalized spacial score (nSPS) is 23.0. The summed E-state index contributed by atoms with van der Waals surface area (Å²) in [5, 5.41) is 7.79.